The molecule has 0 amide bonds. The molecule has 1 aliphatic rings. The van der Waals surface area contributed by atoms with Crippen molar-refractivity contribution < 1.29 is 0 Å². The lowest BCUT2D eigenvalue weighted by Crippen LogP contribution is -2.06. The van der Waals surface area contributed by atoms with E-state index >= 15 is 0 Å². The second kappa shape index (κ2) is 1.54. The third kappa shape index (κ3) is 0.632. The van der Waals surface area contributed by atoms with Crippen molar-refractivity contribution in [3.8, 4) is 0 Å². The van der Waals surface area contributed by atoms with E-state index in [9.17, 15) is 0 Å². The summed E-state index contributed by atoms with van der Waals surface area (Å²) < 4.78 is 1.88. The first-order chi connectivity index (χ1) is 4.36. The lowest BCUT2D eigenvalue weighted by molar-refractivity contribution is 0.595. The van der Waals surface area contributed by atoms with Gasteiger partial charge in [0.05, 0.1) is 13.2 Å². The van der Waals surface area contributed by atoms with Crippen molar-refractivity contribution in [2.24, 2.45) is 0 Å². The second-order valence-electron chi connectivity index (χ2n) is 2.16. The van der Waals surface area contributed by atoms with E-state index in [2.05, 4.69) is 15.4 Å². The van der Waals surface area contributed by atoms with Crippen LogP contribution in [0.2, 0.25) is 0 Å². The molecule has 0 atom stereocenters. The van der Waals surface area contributed by atoms with E-state index in [1.807, 2.05) is 11.6 Å². The highest BCUT2D eigenvalue weighted by Gasteiger charge is 2.11. The average molecular weight is 124 g/mol. The van der Waals surface area contributed by atoms with E-state index in [0.717, 1.165) is 24.9 Å². The fraction of sp³-hybridized carbons (Fsp3) is 0.600. The monoisotopic (exact) mass is 124 g/mol. The Hall–Kier alpha value is -0.900. The Labute approximate surface area is 52.9 Å². The highest BCUT2D eigenvalue weighted by Crippen LogP contribution is 2.01. The predicted octanol–water partition coefficient (Wildman–Crippen LogP) is -0.353. The van der Waals surface area contributed by atoms with Gasteiger partial charge in [-0.15, -0.1) is 0 Å². The third-order valence-electron chi connectivity index (χ3n) is 1.40. The molecule has 0 fully saturated rings. The maximum atomic E-state index is 4.18. The van der Waals surface area contributed by atoms with E-state index < -0.39 is 0 Å². The molecule has 4 heteroatoms. The van der Waals surface area contributed by atoms with E-state index in [4.69, 9.17) is 0 Å². The summed E-state index contributed by atoms with van der Waals surface area (Å²) in [6, 6.07) is 0. The Bertz CT molecular complexity index is 205. The summed E-state index contributed by atoms with van der Waals surface area (Å²) in [5.41, 5.74) is 0. The van der Waals surface area contributed by atoms with Gasteiger partial charge in [-0.05, 0) is 6.92 Å². The van der Waals surface area contributed by atoms with Crippen LogP contribution in [0.4, 0.5) is 0 Å². The van der Waals surface area contributed by atoms with Crippen molar-refractivity contribution in [3.05, 3.63) is 11.6 Å². The van der Waals surface area contributed by atoms with Gasteiger partial charge in [-0.25, -0.2) is 9.67 Å². The molecule has 1 aromatic heterocycles. The Morgan fingerprint density at radius 3 is 3.33 bits per heavy atom. The highest BCUT2D eigenvalue weighted by atomic mass is 15.4. The molecule has 0 saturated heterocycles. The zero-order valence-electron chi connectivity index (χ0n) is 5.26. The van der Waals surface area contributed by atoms with E-state index in [1.54, 1.807) is 0 Å². The van der Waals surface area contributed by atoms with Crippen molar-refractivity contribution >= 4 is 0 Å². The molecule has 0 bridgehead atoms. The average Bonchev–Trinajstić information content (AvgIpc) is 2.22. The molecule has 48 valence electrons. The van der Waals surface area contributed by atoms with Crippen molar-refractivity contribution in [2.45, 2.75) is 20.1 Å². The van der Waals surface area contributed by atoms with Crippen LogP contribution in [0.25, 0.3) is 0 Å². The van der Waals surface area contributed by atoms with E-state index in [0.29, 0.717) is 0 Å². The van der Waals surface area contributed by atoms with E-state index in [-0.39, 0.29) is 0 Å². The highest BCUT2D eigenvalue weighted by molar-refractivity contribution is 4.93. The van der Waals surface area contributed by atoms with Crippen LogP contribution >= 0.6 is 0 Å². The van der Waals surface area contributed by atoms with Gasteiger partial charge in [-0.2, -0.15) is 5.10 Å². The van der Waals surface area contributed by atoms with Gasteiger partial charge in [0.1, 0.15) is 11.6 Å². The second-order valence-corrected chi connectivity index (χ2v) is 2.16. The molecule has 1 aliphatic heterocycles. The van der Waals surface area contributed by atoms with Crippen LogP contribution in [0.3, 0.4) is 0 Å². The van der Waals surface area contributed by atoms with Crippen LogP contribution in [-0.2, 0) is 13.2 Å². The zero-order valence-corrected chi connectivity index (χ0v) is 5.26. The predicted molar refractivity (Wildman–Crippen MR) is 31.6 cm³/mol. The molecule has 0 unspecified atom stereocenters. The van der Waals surface area contributed by atoms with Crippen molar-refractivity contribution in [3.63, 3.8) is 0 Å². The van der Waals surface area contributed by atoms with Gasteiger partial charge in [-0.3, -0.25) is 5.32 Å². The number of nitrogens with zero attached hydrogens (tertiary/aromatic N) is 3. The fourth-order valence-electron chi connectivity index (χ4n) is 1.03. The zero-order chi connectivity index (χ0) is 6.27. The summed E-state index contributed by atoms with van der Waals surface area (Å²) in [6.45, 7) is 3.59. The van der Waals surface area contributed by atoms with Crippen LogP contribution in [0.1, 0.15) is 11.6 Å². The molecule has 0 aromatic carbocycles. The number of hydrogen-bond acceptors (Lipinski definition) is 3. The minimum Gasteiger partial charge on any atom is -0.291 e. The third-order valence-corrected chi connectivity index (χ3v) is 1.40. The summed E-state index contributed by atoms with van der Waals surface area (Å²) in [5, 5.41) is 7.27. The molecule has 0 aliphatic carbocycles. The molecular weight excluding hydrogens is 116 g/mol. The van der Waals surface area contributed by atoms with Crippen molar-refractivity contribution in [1.82, 2.24) is 20.1 Å². The first-order valence-electron chi connectivity index (χ1n) is 2.97. The molecule has 0 saturated carbocycles. The number of fused-ring (bicyclic) bond motifs is 1. The minimum absolute atomic E-state index is 0.816. The van der Waals surface area contributed by atoms with Gasteiger partial charge >= 0.3 is 0 Å². The standard InChI is InChI=1S/C5H8N4/c1-4-7-5-2-6-3-9(5)8-4/h6H,2-3H2,1H3. The van der Waals surface area contributed by atoms with Crippen LogP contribution in [-0.4, -0.2) is 14.8 Å². The Kier molecular flexibility index (Phi) is 0.843. The van der Waals surface area contributed by atoms with Crippen LogP contribution in [0.5, 0.6) is 0 Å². The SMILES string of the molecule is Cc1nc2n(n1)CNC2. The number of hydrogen-bond donors (Lipinski definition) is 1. The fourth-order valence-corrected chi connectivity index (χ4v) is 1.03. The molecule has 9 heavy (non-hydrogen) atoms. The van der Waals surface area contributed by atoms with Crippen molar-refractivity contribution in [2.75, 3.05) is 0 Å². The van der Waals surface area contributed by atoms with Gasteiger partial charge in [-0.1, -0.05) is 0 Å². The van der Waals surface area contributed by atoms with Gasteiger partial charge in [0, 0.05) is 0 Å². The summed E-state index contributed by atoms with van der Waals surface area (Å²) in [5.74, 6) is 1.92. The number of rotatable bonds is 0. The molecule has 1 aromatic rings. The normalized spacial score (nSPS) is 16.1. The van der Waals surface area contributed by atoms with Crippen LogP contribution < -0.4 is 5.32 Å². The molecular formula is C5H8N4. The number of aromatic nitrogens is 3. The van der Waals surface area contributed by atoms with Crippen molar-refractivity contribution in [1.29, 1.82) is 0 Å². The van der Waals surface area contributed by atoms with Gasteiger partial charge < -0.3 is 0 Å². The molecule has 0 spiro atoms. The largest absolute Gasteiger partial charge is 0.291 e. The molecule has 2 rings (SSSR count). The first-order valence-corrected chi connectivity index (χ1v) is 2.97. The van der Waals surface area contributed by atoms with Crippen LogP contribution in [0, 0.1) is 6.92 Å². The molecule has 2 heterocycles. The summed E-state index contributed by atoms with van der Waals surface area (Å²) in [4.78, 5) is 4.18. The lowest BCUT2D eigenvalue weighted by Gasteiger charge is -1.86. The lowest BCUT2D eigenvalue weighted by atomic mass is 10.6. The minimum atomic E-state index is 0.816. The number of nitrogens with one attached hydrogen (secondary N) is 1. The first kappa shape index (κ1) is 4.93. The van der Waals surface area contributed by atoms with E-state index in [1.165, 1.54) is 0 Å². The van der Waals surface area contributed by atoms with Crippen LogP contribution in [0.15, 0.2) is 0 Å². The Morgan fingerprint density at radius 1 is 1.67 bits per heavy atom. The summed E-state index contributed by atoms with van der Waals surface area (Å²) in [6.07, 6.45) is 0. The topological polar surface area (TPSA) is 42.7 Å². The Morgan fingerprint density at radius 2 is 2.56 bits per heavy atom. The maximum absolute atomic E-state index is 4.18. The molecule has 1 N–H and O–H groups in total. The molecule has 0 radical (unpaired) electrons. The number of aryl methyl sites for hydroxylation is 1. The van der Waals surface area contributed by atoms with Gasteiger partial charge in [0.25, 0.3) is 0 Å². The molecule has 4 nitrogen and oxygen atoms in total. The van der Waals surface area contributed by atoms with Gasteiger partial charge in [0.15, 0.2) is 0 Å². The summed E-state index contributed by atoms with van der Waals surface area (Å²) >= 11 is 0. The smallest absolute Gasteiger partial charge is 0.147 e. The summed E-state index contributed by atoms with van der Waals surface area (Å²) in [7, 11) is 0. The quantitative estimate of drug-likeness (QED) is 0.514. The maximum Gasteiger partial charge on any atom is 0.147 e. The van der Waals surface area contributed by atoms with Gasteiger partial charge in [0.2, 0.25) is 0 Å². The Balaban J connectivity index is 2.51.